The molecule has 0 fully saturated rings. The average Bonchev–Trinajstić information content (AvgIpc) is 2.26. The van der Waals surface area contributed by atoms with Crippen molar-refractivity contribution in [2.24, 2.45) is 10.8 Å². The van der Waals surface area contributed by atoms with Gasteiger partial charge in [-0.25, -0.2) is 0 Å². The van der Waals surface area contributed by atoms with Crippen LogP contribution in [0.4, 0.5) is 0 Å². The first kappa shape index (κ1) is 9.97. The summed E-state index contributed by atoms with van der Waals surface area (Å²) in [6, 6.07) is 0. The molecule has 0 radical (unpaired) electrons. The van der Waals surface area contributed by atoms with E-state index in [1.807, 2.05) is 0 Å². The Morgan fingerprint density at radius 3 is 2.42 bits per heavy atom. The summed E-state index contributed by atoms with van der Waals surface area (Å²) in [5, 5.41) is 0.467. The number of hydrogen-bond acceptors (Lipinski definition) is 1. The predicted molar refractivity (Wildman–Crippen MR) is 54.4 cm³/mol. The van der Waals surface area contributed by atoms with Crippen LogP contribution in [0.15, 0.2) is 12.2 Å². The first-order chi connectivity index (χ1) is 5.44. The monoisotopic (exact) mass is 230 g/mol. The van der Waals surface area contributed by atoms with E-state index in [1.54, 1.807) is 0 Å². The molecule has 1 aliphatic carbocycles. The molecule has 1 nitrogen and oxygen atoms in total. The van der Waals surface area contributed by atoms with Crippen LogP contribution >= 0.6 is 15.9 Å². The van der Waals surface area contributed by atoms with Crippen molar-refractivity contribution < 1.29 is 4.79 Å². The van der Waals surface area contributed by atoms with Gasteiger partial charge in [-0.15, -0.1) is 0 Å². The van der Waals surface area contributed by atoms with E-state index in [0.717, 1.165) is 6.42 Å². The molecule has 1 atom stereocenters. The molecule has 0 N–H and O–H groups in total. The summed E-state index contributed by atoms with van der Waals surface area (Å²) in [6.45, 7) is 6.30. The van der Waals surface area contributed by atoms with Crippen LogP contribution in [0.2, 0.25) is 0 Å². The lowest BCUT2D eigenvalue weighted by Crippen LogP contribution is -2.38. The van der Waals surface area contributed by atoms with Gasteiger partial charge in [0, 0.05) is 5.41 Å². The van der Waals surface area contributed by atoms with Crippen LogP contribution in [0.25, 0.3) is 0 Å². The second kappa shape index (κ2) is 2.99. The summed E-state index contributed by atoms with van der Waals surface area (Å²) in [7, 11) is 0. The van der Waals surface area contributed by atoms with Gasteiger partial charge in [0.1, 0.15) is 5.78 Å². The molecule has 0 bridgehead atoms. The Labute approximate surface area is 82.4 Å². The maximum absolute atomic E-state index is 11.7. The SMILES string of the molecule is CC1(C)C=CCC1(C)C(=O)CBr. The van der Waals surface area contributed by atoms with Crippen molar-refractivity contribution >= 4 is 21.7 Å². The average molecular weight is 231 g/mol. The predicted octanol–water partition coefficient (Wildman–Crippen LogP) is 2.94. The molecule has 0 heterocycles. The summed E-state index contributed by atoms with van der Waals surface area (Å²) >= 11 is 3.23. The van der Waals surface area contributed by atoms with Gasteiger partial charge < -0.3 is 0 Å². The lowest BCUT2D eigenvalue weighted by molar-refractivity contribution is -0.128. The highest BCUT2D eigenvalue weighted by molar-refractivity contribution is 9.09. The zero-order valence-corrected chi connectivity index (χ0v) is 9.44. The summed E-state index contributed by atoms with van der Waals surface area (Å²) in [6.07, 6.45) is 5.14. The maximum atomic E-state index is 11.7. The zero-order chi connectivity index (χ0) is 9.41. The van der Waals surface area contributed by atoms with E-state index in [0.29, 0.717) is 11.1 Å². The number of hydrogen-bond donors (Lipinski definition) is 0. The summed E-state index contributed by atoms with van der Waals surface area (Å²) in [5.74, 6) is 0.303. The van der Waals surface area contributed by atoms with Crippen LogP contribution in [-0.2, 0) is 4.79 Å². The number of ketones is 1. The van der Waals surface area contributed by atoms with Crippen LogP contribution < -0.4 is 0 Å². The number of allylic oxidation sites excluding steroid dienone is 2. The molecular weight excluding hydrogens is 216 g/mol. The second-order valence-electron chi connectivity index (χ2n) is 4.22. The van der Waals surface area contributed by atoms with Crippen molar-refractivity contribution in [1.82, 2.24) is 0 Å². The first-order valence-electron chi connectivity index (χ1n) is 4.21. The number of carbonyl (C=O) groups excluding carboxylic acids is 1. The van der Waals surface area contributed by atoms with Crippen molar-refractivity contribution in [3.05, 3.63) is 12.2 Å². The van der Waals surface area contributed by atoms with Crippen molar-refractivity contribution in [3.8, 4) is 0 Å². The van der Waals surface area contributed by atoms with E-state index < -0.39 is 0 Å². The number of carbonyl (C=O) groups is 1. The molecule has 0 aromatic heterocycles. The Morgan fingerprint density at radius 1 is 1.50 bits per heavy atom. The highest BCUT2D eigenvalue weighted by Crippen LogP contribution is 2.48. The van der Waals surface area contributed by atoms with Crippen LogP contribution in [-0.4, -0.2) is 11.1 Å². The molecule has 68 valence electrons. The summed E-state index contributed by atoms with van der Waals surface area (Å²) < 4.78 is 0. The van der Waals surface area contributed by atoms with Crippen LogP contribution in [0.5, 0.6) is 0 Å². The van der Waals surface area contributed by atoms with Gasteiger partial charge in [-0.2, -0.15) is 0 Å². The fourth-order valence-corrected chi connectivity index (χ4v) is 2.28. The number of Topliss-reactive ketones (excluding diaryl/α,β-unsaturated/α-hetero) is 1. The molecule has 12 heavy (non-hydrogen) atoms. The molecule has 2 heteroatoms. The van der Waals surface area contributed by atoms with E-state index in [4.69, 9.17) is 0 Å². The second-order valence-corrected chi connectivity index (χ2v) is 4.78. The molecule has 0 aliphatic heterocycles. The Hall–Kier alpha value is -0.110. The summed E-state index contributed by atoms with van der Waals surface area (Å²) in [5.41, 5.74) is -0.186. The van der Waals surface area contributed by atoms with E-state index in [-0.39, 0.29) is 10.8 Å². The van der Waals surface area contributed by atoms with Gasteiger partial charge in [-0.05, 0) is 11.8 Å². The molecule has 0 aromatic rings. The molecular formula is C10H15BrO. The minimum absolute atomic E-state index is 0.0118. The molecule has 1 rings (SSSR count). The zero-order valence-electron chi connectivity index (χ0n) is 7.86. The highest BCUT2D eigenvalue weighted by atomic mass is 79.9. The Morgan fingerprint density at radius 2 is 2.08 bits per heavy atom. The number of alkyl halides is 1. The standard InChI is InChI=1S/C10H15BrO/c1-9(2)5-4-6-10(9,3)8(12)7-11/h4-5H,6-7H2,1-3H3. The third kappa shape index (κ3) is 1.26. The van der Waals surface area contributed by atoms with Crippen molar-refractivity contribution in [3.63, 3.8) is 0 Å². The van der Waals surface area contributed by atoms with Gasteiger partial charge >= 0.3 is 0 Å². The van der Waals surface area contributed by atoms with Crippen LogP contribution in [0.1, 0.15) is 27.2 Å². The Balaban J connectivity index is 2.94. The minimum atomic E-state index is -0.198. The number of rotatable bonds is 2. The van der Waals surface area contributed by atoms with E-state index in [1.165, 1.54) is 0 Å². The largest absolute Gasteiger partial charge is 0.298 e. The van der Waals surface area contributed by atoms with Gasteiger partial charge in [-0.1, -0.05) is 48.9 Å². The van der Waals surface area contributed by atoms with Gasteiger partial charge in [0.2, 0.25) is 0 Å². The Bertz CT molecular complexity index is 230. The summed E-state index contributed by atoms with van der Waals surface area (Å²) in [4.78, 5) is 11.7. The fourth-order valence-electron chi connectivity index (χ4n) is 1.66. The molecule has 1 unspecified atom stereocenters. The van der Waals surface area contributed by atoms with Crippen LogP contribution in [0.3, 0.4) is 0 Å². The van der Waals surface area contributed by atoms with Crippen molar-refractivity contribution in [2.75, 3.05) is 5.33 Å². The molecule has 0 spiro atoms. The van der Waals surface area contributed by atoms with Gasteiger partial charge in [-0.3, -0.25) is 4.79 Å². The molecule has 0 aromatic carbocycles. The third-order valence-corrected chi connectivity index (χ3v) is 3.73. The van der Waals surface area contributed by atoms with Crippen molar-refractivity contribution in [2.45, 2.75) is 27.2 Å². The van der Waals surface area contributed by atoms with Gasteiger partial charge in [0.15, 0.2) is 0 Å². The van der Waals surface area contributed by atoms with E-state index in [9.17, 15) is 4.79 Å². The van der Waals surface area contributed by atoms with Crippen LogP contribution in [0, 0.1) is 10.8 Å². The van der Waals surface area contributed by atoms with Gasteiger partial charge in [0.05, 0.1) is 5.33 Å². The van der Waals surface area contributed by atoms with E-state index in [2.05, 4.69) is 48.9 Å². The molecule has 1 aliphatic rings. The Kier molecular flexibility index (Phi) is 2.48. The smallest absolute Gasteiger partial charge is 0.150 e. The topological polar surface area (TPSA) is 17.1 Å². The number of halogens is 1. The van der Waals surface area contributed by atoms with Gasteiger partial charge in [0.25, 0.3) is 0 Å². The molecule has 0 amide bonds. The molecule has 0 saturated heterocycles. The lowest BCUT2D eigenvalue weighted by Gasteiger charge is -2.36. The quantitative estimate of drug-likeness (QED) is 0.527. The minimum Gasteiger partial charge on any atom is -0.298 e. The van der Waals surface area contributed by atoms with E-state index >= 15 is 0 Å². The van der Waals surface area contributed by atoms with Crippen molar-refractivity contribution in [1.29, 1.82) is 0 Å². The highest BCUT2D eigenvalue weighted by Gasteiger charge is 2.46. The fraction of sp³-hybridized carbons (Fsp3) is 0.700. The molecule has 0 saturated carbocycles. The third-order valence-electron chi connectivity index (χ3n) is 3.22. The first-order valence-corrected chi connectivity index (χ1v) is 5.33. The maximum Gasteiger partial charge on any atom is 0.150 e. The normalized spacial score (nSPS) is 32.3. The lowest BCUT2D eigenvalue weighted by atomic mass is 9.67.